The molecule has 0 spiro atoms. The molecule has 0 aliphatic heterocycles. The summed E-state index contributed by atoms with van der Waals surface area (Å²) >= 11 is 0. The van der Waals surface area contributed by atoms with E-state index in [2.05, 4.69) is 15.5 Å². The van der Waals surface area contributed by atoms with E-state index in [-0.39, 0.29) is 18.4 Å². The Labute approximate surface area is 88.9 Å². The van der Waals surface area contributed by atoms with Crippen molar-refractivity contribution < 1.29 is 9.90 Å². The fourth-order valence-electron chi connectivity index (χ4n) is 1.21. The second kappa shape index (κ2) is 5.50. The first-order chi connectivity index (χ1) is 7.13. The summed E-state index contributed by atoms with van der Waals surface area (Å²) in [5.41, 5.74) is 1.27. The number of hydrogen-bond acceptors (Lipinski definition) is 3. The highest BCUT2D eigenvalue weighted by Gasteiger charge is 2.09. The Morgan fingerprint density at radius 1 is 1.73 bits per heavy atom. The Hall–Kier alpha value is -1.36. The first kappa shape index (κ1) is 11.7. The standard InChI is InChI=1S/C10H17N3O2/c1-7(3-4-14)6-11-10(15)9-5-8(2)12-13-9/h5,7,14H,3-4,6H2,1-2H3,(H,11,15)(H,12,13). The van der Waals surface area contributed by atoms with Gasteiger partial charge >= 0.3 is 0 Å². The smallest absolute Gasteiger partial charge is 0.271 e. The number of hydrogen-bond donors (Lipinski definition) is 3. The second-order valence-electron chi connectivity index (χ2n) is 3.76. The zero-order valence-electron chi connectivity index (χ0n) is 9.08. The lowest BCUT2D eigenvalue weighted by molar-refractivity contribution is 0.0940. The van der Waals surface area contributed by atoms with Gasteiger partial charge in [0.15, 0.2) is 0 Å². The summed E-state index contributed by atoms with van der Waals surface area (Å²) in [4.78, 5) is 11.5. The number of aliphatic hydroxyl groups excluding tert-OH is 1. The topological polar surface area (TPSA) is 78.0 Å². The van der Waals surface area contributed by atoms with Gasteiger partial charge in [-0.1, -0.05) is 6.92 Å². The third-order valence-electron chi connectivity index (χ3n) is 2.17. The number of H-pyrrole nitrogens is 1. The van der Waals surface area contributed by atoms with Crippen molar-refractivity contribution in [3.05, 3.63) is 17.5 Å². The van der Waals surface area contributed by atoms with Crippen LogP contribution in [0.1, 0.15) is 29.5 Å². The van der Waals surface area contributed by atoms with Crippen molar-refractivity contribution in [3.8, 4) is 0 Å². The summed E-state index contributed by atoms with van der Waals surface area (Å²) < 4.78 is 0. The Morgan fingerprint density at radius 2 is 2.47 bits per heavy atom. The average molecular weight is 211 g/mol. The highest BCUT2D eigenvalue weighted by Crippen LogP contribution is 2.00. The van der Waals surface area contributed by atoms with Crippen LogP contribution < -0.4 is 5.32 Å². The van der Waals surface area contributed by atoms with Crippen molar-refractivity contribution in [2.24, 2.45) is 5.92 Å². The van der Waals surface area contributed by atoms with E-state index >= 15 is 0 Å². The van der Waals surface area contributed by atoms with Gasteiger partial charge in [0.25, 0.3) is 5.91 Å². The maximum atomic E-state index is 11.5. The maximum Gasteiger partial charge on any atom is 0.271 e. The molecule has 0 fully saturated rings. The molecule has 1 unspecified atom stereocenters. The molecular formula is C10H17N3O2. The largest absolute Gasteiger partial charge is 0.396 e. The predicted molar refractivity (Wildman–Crippen MR) is 56.5 cm³/mol. The van der Waals surface area contributed by atoms with Crippen LogP contribution in [0.2, 0.25) is 0 Å². The summed E-state index contributed by atoms with van der Waals surface area (Å²) in [6.45, 7) is 4.54. The van der Waals surface area contributed by atoms with Gasteiger partial charge in [-0.25, -0.2) is 0 Å². The summed E-state index contributed by atoms with van der Waals surface area (Å²) in [7, 11) is 0. The number of carbonyl (C=O) groups is 1. The molecule has 15 heavy (non-hydrogen) atoms. The van der Waals surface area contributed by atoms with E-state index in [1.807, 2.05) is 13.8 Å². The molecule has 84 valence electrons. The molecule has 1 atom stereocenters. The van der Waals surface area contributed by atoms with Gasteiger partial charge in [0.1, 0.15) is 5.69 Å². The molecule has 0 aromatic carbocycles. The molecule has 5 heteroatoms. The number of carbonyl (C=O) groups excluding carboxylic acids is 1. The lowest BCUT2D eigenvalue weighted by atomic mass is 10.1. The summed E-state index contributed by atoms with van der Waals surface area (Å²) in [5.74, 6) is 0.100. The minimum absolute atomic E-state index is 0.151. The molecule has 0 saturated carbocycles. The number of aromatic amines is 1. The molecule has 0 saturated heterocycles. The van der Waals surface area contributed by atoms with E-state index in [4.69, 9.17) is 5.11 Å². The van der Waals surface area contributed by atoms with E-state index in [9.17, 15) is 4.79 Å². The first-order valence-electron chi connectivity index (χ1n) is 5.04. The highest BCUT2D eigenvalue weighted by molar-refractivity contribution is 5.92. The minimum atomic E-state index is -0.177. The van der Waals surface area contributed by atoms with Crippen LogP contribution in [0.5, 0.6) is 0 Å². The molecule has 5 nitrogen and oxygen atoms in total. The van der Waals surface area contributed by atoms with E-state index in [1.54, 1.807) is 6.07 Å². The molecule has 0 aliphatic rings. The molecule has 0 aliphatic carbocycles. The molecule has 3 N–H and O–H groups in total. The lowest BCUT2D eigenvalue weighted by Crippen LogP contribution is -2.28. The SMILES string of the molecule is Cc1cc(C(=O)NCC(C)CCO)n[nH]1. The van der Waals surface area contributed by atoms with Crippen LogP contribution in [0.4, 0.5) is 0 Å². The fourth-order valence-corrected chi connectivity index (χ4v) is 1.21. The van der Waals surface area contributed by atoms with Gasteiger partial charge in [0, 0.05) is 18.8 Å². The van der Waals surface area contributed by atoms with Gasteiger partial charge in [-0.15, -0.1) is 0 Å². The second-order valence-corrected chi connectivity index (χ2v) is 3.76. The van der Waals surface area contributed by atoms with Gasteiger partial charge in [-0.3, -0.25) is 9.89 Å². The third kappa shape index (κ3) is 3.71. The zero-order chi connectivity index (χ0) is 11.3. The molecule has 0 radical (unpaired) electrons. The number of amides is 1. The van der Waals surface area contributed by atoms with Crippen LogP contribution in [0, 0.1) is 12.8 Å². The molecule has 0 bridgehead atoms. The van der Waals surface area contributed by atoms with Crippen LogP contribution in [-0.4, -0.2) is 34.4 Å². The van der Waals surface area contributed by atoms with Gasteiger partial charge in [0.05, 0.1) is 0 Å². The molecule has 1 amide bonds. The Balaban J connectivity index is 2.36. The monoisotopic (exact) mass is 211 g/mol. The third-order valence-corrected chi connectivity index (χ3v) is 2.17. The molecule has 1 aromatic rings. The van der Waals surface area contributed by atoms with E-state index in [0.717, 1.165) is 5.69 Å². The normalized spacial score (nSPS) is 12.5. The molecular weight excluding hydrogens is 194 g/mol. The quantitative estimate of drug-likeness (QED) is 0.662. The zero-order valence-corrected chi connectivity index (χ0v) is 9.08. The van der Waals surface area contributed by atoms with Crippen LogP contribution in [0.15, 0.2) is 6.07 Å². The van der Waals surface area contributed by atoms with E-state index < -0.39 is 0 Å². The Kier molecular flexibility index (Phi) is 4.30. The molecule has 1 aromatic heterocycles. The molecule has 1 heterocycles. The van der Waals surface area contributed by atoms with Gasteiger partial charge in [-0.05, 0) is 25.3 Å². The summed E-state index contributed by atoms with van der Waals surface area (Å²) in [6.07, 6.45) is 0.694. The van der Waals surface area contributed by atoms with Crippen molar-refractivity contribution in [1.29, 1.82) is 0 Å². The van der Waals surface area contributed by atoms with E-state index in [1.165, 1.54) is 0 Å². The van der Waals surface area contributed by atoms with Crippen molar-refractivity contribution in [2.75, 3.05) is 13.2 Å². The highest BCUT2D eigenvalue weighted by atomic mass is 16.3. The number of nitrogens with zero attached hydrogens (tertiary/aromatic N) is 1. The Morgan fingerprint density at radius 3 is 3.00 bits per heavy atom. The van der Waals surface area contributed by atoms with Gasteiger partial charge < -0.3 is 10.4 Å². The minimum Gasteiger partial charge on any atom is -0.396 e. The maximum absolute atomic E-state index is 11.5. The Bertz CT molecular complexity index is 322. The van der Waals surface area contributed by atoms with Crippen LogP contribution in [0.3, 0.4) is 0 Å². The van der Waals surface area contributed by atoms with Crippen molar-refractivity contribution in [1.82, 2.24) is 15.5 Å². The van der Waals surface area contributed by atoms with Crippen LogP contribution in [-0.2, 0) is 0 Å². The van der Waals surface area contributed by atoms with Crippen molar-refractivity contribution in [2.45, 2.75) is 20.3 Å². The van der Waals surface area contributed by atoms with E-state index in [0.29, 0.717) is 18.7 Å². The van der Waals surface area contributed by atoms with Gasteiger partial charge in [0.2, 0.25) is 0 Å². The number of aliphatic hydroxyl groups is 1. The van der Waals surface area contributed by atoms with Crippen LogP contribution in [0.25, 0.3) is 0 Å². The average Bonchev–Trinajstić information content (AvgIpc) is 2.62. The predicted octanol–water partition coefficient (Wildman–Crippen LogP) is 0.466. The lowest BCUT2D eigenvalue weighted by Gasteiger charge is -2.09. The number of rotatable bonds is 5. The number of nitrogens with one attached hydrogen (secondary N) is 2. The molecule has 1 rings (SSSR count). The number of aryl methyl sites for hydroxylation is 1. The van der Waals surface area contributed by atoms with Gasteiger partial charge in [-0.2, -0.15) is 5.10 Å². The van der Waals surface area contributed by atoms with Crippen molar-refractivity contribution in [3.63, 3.8) is 0 Å². The van der Waals surface area contributed by atoms with Crippen molar-refractivity contribution >= 4 is 5.91 Å². The number of aromatic nitrogens is 2. The summed E-state index contributed by atoms with van der Waals surface area (Å²) in [5, 5.41) is 18.0. The summed E-state index contributed by atoms with van der Waals surface area (Å²) in [6, 6.07) is 1.70. The fraction of sp³-hybridized carbons (Fsp3) is 0.600. The first-order valence-corrected chi connectivity index (χ1v) is 5.04. The van der Waals surface area contributed by atoms with Crippen LogP contribution >= 0.6 is 0 Å².